The van der Waals surface area contributed by atoms with E-state index in [0.29, 0.717) is 12.5 Å². The third-order valence-corrected chi connectivity index (χ3v) is 4.14. The van der Waals surface area contributed by atoms with Gasteiger partial charge in [0.25, 0.3) is 0 Å². The molecule has 0 spiro atoms. The van der Waals surface area contributed by atoms with Gasteiger partial charge in [-0.05, 0) is 30.2 Å². The number of ether oxygens (including phenoxy) is 1. The molecule has 0 heterocycles. The van der Waals surface area contributed by atoms with E-state index in [-0.39, 0.29) is 5.92 Å². The minimum atomic E-state index is -0.0707. The average molecular weight is 341 g/mol. The standard InChI is InChI=1S/C24H23NO/c1-3-18-26-24(25-22-16-14-19(2)15-17-22)23(20-10-6-4-7-11-20)21-12-8-5-9-13-21/h3-17,23H,1,18H2,2H3. The molecule has 26 heavy (non-hydrogen) atoms. The molecular weight excluding hydrogens is 318 g/mol. The lowest BCUT2D eigenvalue weighted by Crippen LogP contribution is -2.18. The minimum absolute atomic E-state index is 0.0707. The summed E-state index contributed by atoms with van der Waals surface area (Å²) < 4.78 is 6.03. The van der Waals surface area contributed by atoms with Crippen LogP contribution in [0.2, 0.25) is 0 Å². The molecule has 0 bridgehead atoms. The second-order valence-corrected chi connectivity index (χ2v) is 6.14. The Morgan fingerprint density at radius 2 is 1.42 bits per heavy atom. The van der Waals surface area contributed by atoms with Crippen LogP contribution in [-0.4, -0.2) is 12.5 Å². The summed E-state index contributed by atoms with van der Waals surface area (Å²) in [7, 11) is 0. The van der Waals surface area contributed by atoms with Crippen LogP contribution in [0.5, 0.6) is 0 Å². The summed E-state index contributed by atoms with van der Waals surface area (Å²) in [6.45, 7) is 6.26. The molecule has 0 aromatic heterocycles. The fraction of sp³-hybridized carbons (Fsp3) is 0.125. The molecule has 0 N–H and O–H groups in total. The molecule has 3 aromatic rings. The van der Waals surface area contributed by atoms with Crippen molar-refractivity contribution in [2.75, 3.05) is 6.61 Å². The van der Waals surface area contributed by atoms with Crippen LogP contribution in [0.3, 0.4) is 0 Å². The number of rotatable bonds is 6. The molecule has 130 valence electrons. The van der Waals surface area contributed by atoms with Gasteiger partial charge in [0.2, 0.25) is 5.90 Å². The lowest BCUT2D eigenvalue weighted by Gasteiger charge is -2.20. The van der Waals surface area contributed by atoms with Crippen molar-refractivity contribution >= 4 is 11.6 Å². The van der Waals surface area contributed by atoms with Gasteiger partial charge in [-0.1, -0.05) is 91.0 Å². The Morgan fingerprint density at radius 1 is 0.885 bits per heavy atom. The zero-order valence-corrected chi connectivity index (χ0v) is 15.0. The first-order valence-electron chi connectivity index (χ1n) is 8.77. The molecule has 0 amide bonds. The lowest BCUT2D eigenvalue weighted by molar-refractivity contribution is 0.337. The molecule has 0 unspecified atom stereocenters. The minimum Gasteiger partial charge on any atom is -0.476 e. The summed E-state index contributed by atoms with van der Waals surface area (Å²) in [4.78, 5) is 4.84. The van der Waals surface area contributed by atoms with Gasteiger partial charge in [0, 0.05) is 0 Å². The average Bonchev–Trinajstić information content (AvgIpc) is 2.69. The Morgan fingerprint density at radius 3 is 1.92 bits per heavy atom. The van der Waals surface area contributed by atoms with Crippen LogP contribution in [-0.2, 0) is 4.74 Å². The van der Waals surface area contributed by atoms with Crippen molar-refractivity contribution in [2.45, 2.75) is 12.8 Å². The number of hydrogen-bond donors (Lipinski definition) is 0. The Kier molecular flexibility index (Phi) is 6.00. The highest BCUT2D eigenvalue weighted by Gasteiger charge is 2.22. The number of nitrogens with zero attached hydrogens (tertiary/aromatic N) is 1. The van der Waals surface area contributed by atoms with Crippen molar-refractivity contribution in [1.82, 2.24) is 0 Å². The van der Waals surface area contributed by atoms with Crippen LogP contribution < -0.4 is 0 Å². The summed E-state index contributed by atoms with van der Waals surface area (Å²) in [5, 5.41) is 0. The van der Waals surface area contributed by atoms with Gasteiger partial charge >= 0.3 is 0 Å². The fourth-order valence-corrected chi connectivity index (χ4v) is 2.84. The van der Waals surface area contributed by atoms with Crippen LogP contribution in [0.25, 0.3) is 0 Å². The SMILES string of the molecule is C=CCOC(=Nc1ccc(C)cc1)C(c1ccccc1)c1ccccc1. The third-order valence-electron chi connectivity index (χ3n) is 4.14. The first kappa shape index (κ1) is 17.7. The molecule has 0 saturated carbocycles. The summed E-state index contributed by atoms with van der Waals surface area (Å²) in [6, 6.07) is 28.8. The van der Waals surface area contributed by atoms with Crippen molar-refractivity contribution in [3.63, 3.8) is 0 Å². The van der Waals surface area contributed by atoms with Gasteiger partial charge in [-0.15, -0.1) is 0 Å². The van der Waals surface area contributed by atoms with E-state index >= 15 is 0 Å². The third kappa shape index (κ3) is 4.48. The fourth-order valence-electron chi connectivity index (χ4n) is 2.84. The van der Waals surface area contributed by atoms with E-state index in [9.17, 15) is 0 Å². The molecule has 0 saturated heterocycles. The van der Waals surface area contributed by atoms with Crippen LogP contribution in [0.15, 0.2) is 103 Å². The number of aliphatic imine (C=N–C) groups is 1. The normalized spacial score (nSPS) is 11.4. The second-order valence-electron chi connectivity index (χ2n) is 6.14. The van der Waals surface area contributed by atoms with Gasteiger partial charge in [-0.3, -0.25) is 0 Å². The summed E-state index contributed by atoms with van der Waals surface area (Å²) in [5.41, 5.74) is 4.38. The van der Waals surface area contributed by atoms with Crippen LogP contribution in [0.1, 0.15) is 22.6 Å². The van der Waals surface area contributed by atoms with Crippen LogP contribution in [0.4, 0.5) is 5.69 Å². The maximum Gasteiger partial charge on any atom is 0.201 e. The topological polar surface area (TPSA) is 21.6 Å². The van der Waals surface area contributed by atoms with Crippen LogP contribution >= 0.6 is 0 Å². The highest BCUT2D eigenvalue weighted by molar-refractivity contribution is 5.89. The van der Waals surface area contributed by atoms with E-state index in [4.69, 9.17) is 9.73 Å². The van der Waals surface area contributed by atoms with Gasteiger partial charge in [-0.2, -0.15) is 0 Å². The molecule has 0 aliphatic rings. The van der Waals surface area contributed by atoms with Crippen molar-refractivity contribution in [1.29, 1.82) is 0 Å². The predicted octanol–water partition coefficient (Wildman–Crippen LogP) is 6.06. The largest absolute Gasteiger partial charge is 0.476 e. The Balaban J connectivity index is 2.09. The molecule has 3 aromatic carbocycles. The van der Waals surface area contributed by atoms with Gasteiger partial charge < -0.3 is 4.74 Å². The molecule has 0 aliphatic carbocycles. The molecular formula is C24H23NO. The van der Waals surface area contributed by atoms with Gasteiger partial charge in [0.05, 0.1) is 11.6 Å². The number of hydrogen-bond acceptors (Lipinski definition) is 2. The number of benzene rings is 3. The number of aryl methyl sites for hydroxylation is 1. The molecule has 0 fully saturated rings. The summed E-state index contributed by atoms with van der Waals surface area (Å²) >= 11 is 0. The van der Waals surface area contributed by atoms with E-state index in [2.05, 4.69) is 49.9 Å². The highest BCUT2D eigenvalue weighted by atomic mass is 16.5. The first-order valence-corrected chi connectivity index (χ1v) is 8.77. The molecule has 2 nitrogen and oxygen atoms in total. The molecule has 0 aliphatic heterocycles. The second kappa shape index (κ2) is 8.82. The Labute approximate surface area is 155 Å². The van der Waals surface area contributed by atoms with Gasteiger partial charge in [0.1, 0.15) is 6.61 Å². The maximum atomic E-state index is 6.03. The molecule has 0 atom stereocenters. The Hall–Kier alpha value is -3.13. The smallest absolute Gasteiger partial charge is 0.201 e. The zero-order chi connectivity index (χ0) is 18.2. The van der Waals surface area contributed by atoms with Crippen molar-refractivity contribution < 1.29 is 4.74 Å². The van der Waals surface area contributed by atoms with Crippen molar-refractivity contribution in [2.24, 2.45) is 4.99 Å². The van der Waals surface area contributed by atoms with Crippen molar-refractivity contribution in [3.05, 3.63) is 114 Å². The summed E-state index contributed by atoms with van der Waals surface area (Å²) in [5.74, 6) is 0.602. The van der Waals surface area contributed by atoms with Gasteiger partial charge in [0.15, 0.2) is 0 Å². The monoisotopic (exact) mass is 341 g/mol. The van der Waals surface area contributed by atoms with E-state index in [0.717, 1.165) is 16.8 Å². The summed E-state index contributed by atoms with van der Waals surface area (Å²) in [6.07, 6.45) is 1.75. The van der Waals surface area contributed by atoms with E-state index < -0.39 is 0 Å². The molecule has 3 rings (SSSR count). The zero-order valence-electron chi connectivity index (χ0n) is 15.0. The predicted molar refractivity (Wildman–Crippen MR) is 109 cm³/mol. The molecule has 2 heteroatoms. The Bertz CT molecular complexity index is 812. The first-order chi connectivity index (χ1) is 12.8. The maximum absolute atomic E-state index is 6.03. The van der Waals surface area contributed by atoms with Crippen LogP contribution in [0, 0.1) is 6.92 Å². The van der Waals surface area contributed by atoms with E-state index in [1.165, 1.54) is 5.56 Å². The molecule has 0 radical (unpaired) electrons. The van der Waals surface area contributed by atoms with Gasteiger partial charge in [-0.25, -0.2) is 4.99 Å². The highest BCUT2D eigenvalue weighted by Crippen LogP contribution is 2.28. The lowest BCUT2D eigenvalue weighted by atomic mass is 9.91. The van der Waals surface area contributed by atoms with Crippen molar-refractivity contribution in [3.8, 4) is 0 Å². The quantitative estimate of drug-likeness (QED) is 0.303. The van der Waals surface area contributed by atoms with E-state index in [1.54, 1.807) is 6.08 Å². The van der Waals surface area contributed by atoms with E-state index in [1.807, 2.05) is 48.5 Å².